The molecule has 0 atom stereocenters. The van der Waals surface area contributed by atoms with E-state index in [2.05, 4.69) is 29.6 Å². The van der Waals surface area contributed by atoms with Crippen molar-refractivity contribution in [2.75, 3.05) is 13.2 Å². The molecule has 3 rings (SSSR count). The van der Waals surface area contributed by atoms with Gasteiger partial charge in [0.1, 0.15) is 12.4 Å². The third-order valence-corrected chi connectivity index (χ3v) is 3.90. The van der Waals surface area contributed by atoms with E-state index in [1.54, 1.807) is 0 Å². The van der Waals surface area contributed by atoms with Gasteiger partial charge in [0.05, 0.1) is 0 Å². The Morgan fingerprint density at radius 2 is 1.89 bits per heavy atom. The highest BCUT2D eigenvalue weighted by Gasteiger charge is 2.15. The number of halogens is 1. The van der Waals surface area contributed by atoms with E-state index in [9.17, 15) is 0 Å². The maximum atomic E-state index is 6.23. The van der Waals surface area contributed by atoms with Crippen molar-refractivity contribution in [2.24, 2.45) is 0 Å². The van der Waals surface area contributed by atoms with E-state index in [0.717, 1.165) is 40.6 Å². The molecule has 2 aromatic carbocycles. The highest BCUT2D eigenvalue weighted by atomic mass is 35.5. The average Bonchev–Trinajstić information content (AvgIpc) is 2.67. The van der Waals surface area contributed by atoms with E-state index in [0.29, 0.717) is 6.61 Å². The van der Waals surface area contributed by atoms with Gasteiger partial charge in [-0.25, -0.2) is 0 Å². The quantitative estimate of drug-likeness (QED) is 0.853. The van der Waals surface area contributed by atoms with Crippen LogP contribution in [0, 0.1) is 6.92 Å². The minimum atomic E-state index is 0.698. The van der Waals surface area contributed by atoms with E-state index in [1.165, 1.54) is 5.56 Å². The number of nitrogens with one attached hydrogen (secondary N) is 1. The second-order valence-corrected chi connectivity index (χ2v) is 5.14. The van der Waals surface area contributed by atoms with Gasteiger partial charge in [-0.05, 0) is 24.1 Å². The van der Waals surface area contributed by atoms with E-state index in [-0.39, 0.29) is 0 Å². The highest BCUT2D eigenvalue weighted by Crippen LogP contribution is 2.37. The third-order valence-electron chi connectivity index (χ3n) is 3.50. The molecular weight excluding hydrogens is 258 g/mol. The Kier molecular flexibility index (Phi) is 3.45. The number of para-hydroxylation sites is 1. The Morgan fingerprint density at radius 1 is 1.11 bits per heavy atom. The molecule has 98 valence electrons. The molecule has 1 heterocycles. The fourth-order valence-corrected chi connectivity index (χ4v) is 2.63. The van der Waals surface area contributed by atoms with Crippen molar-refractivity contribution in [3.05, 3.63) is 52.5 Å². The molecule has 1 N–H and O–H groups in total. The summed E-state index contributed by atoms with van der Waals surface area (Å²) in [6.07, 6.45) is 0. The topological polar surface area (TPSA) is 21.3 Å². The zero-order chi connectivity index (χ0) is 13.2. The molecule has 0 aliphatic carbocycles. The van der Waals surface area contributed by atoms with Crippen molar-refractivity contribution >= 4 is 11.6 Å². The molecule has 3 heteroatoms. The highest BCUT2D eigenvalue weighted by molar-refractivity contribution is 6.31. The lowest BCUT2D eigenvalue weighted by atomic mass is 9.97. The molecule has 2 aromatic rings. The maximum Gasteiger partial charge on any atom is 0.131 e. The molecule has 0 amide bonds. The third kappa shape index (κ3) is 2.34. The van der Waals surface area contributed by atoms with Gasteiger partial charge in [0.25, 0.3) is 0 Å². The number of benzene rings is 2. The summed E-state index contributed by atoms with van der Waals surface area (Å²) in [7, 11) is 0. The molecule has 2 nitrogen and oxygen atoms in total. The van der Waals surface area contributed by atoms with Crippen LogP contribution in [0.1, 0.15) is 11.1 Å². The average molecular weight is 274 g/mol. The van der Waals surface area contributed by atoms with Crippen LogP contribution in [-0.4, -0.2) is 13.2 Å². The van der Waals surface area contributed by atoms with Crippen LogP contribution in [0.15, 0.2) is 36.4 Å². The minimum absolute atomic E-state index is 0.698. The normalized spacial score (nSPS) is 14.4. The summed E-state index contributed by atoms with van der Waals surface area (Å²) in [6, 6.07) is 12.3. The van der Waals surface area contributed by atoms with Gasteiger partial charge in [-0.15, -0.1) is 0 Å². The monoisotopic (exact) mass is 273 g/mol. The number of fused-ring (bicyclic) bond motifs is 1. The van der Waals surface area contributed by atoms with Crippen LogP contribution in [0.2, 0.25) is 5.02 Å². The van der Waals surface area contributed by atoms with Crippen LogP contribution in [0.4, 0.5) is 0 Å². The summed E-state index contributed by atoms with van der Waals surface area (Å²) in [5.41, 5.74) is 4.57. The molecule has 0 radical (unpaired) electrons. The van der Waals surface area contributed by atoms with Gasteiger partial charge in [-0.2, -0.15) is 0 Å². The first kappa shape index (κ1) is 12.5. The molecule has 0 spiro atoms. The van der Waals surface area contributed by atoms with Gasteiger partial charge in [-0.1, -0.05) is 41.9 Å². The summed E-state index contributed by atoms with van der Waals surface area (Å²) in [5, 5.41) is 4.15. The molecule has 1 aliphatic rings. The molecule has 0 unspecified atom stereocenters. The Labute approximate surface area is 118 Å². The molecule has 0 saturated carbocycles. The van der Waals surface area contributed by atoms with Crippen LogP contribution >= 0.6 is 11.6 Å². The lowest BCUT2D eigenvalue weighted by Gasteiger charge is -2.15. The Morgan fingerprint density at radius 3 is 2.79 bits per heavy atom. The fraction of sp³-hybridized carbons (Fsp3) is 0.250. The zero-order valence-electron chi connectivity index (χ0n) is 10.9. The van der Waals surface area contributed by atoms with Gasteiger partial charge >= 0.3 is 0 Å². The van der Waals surface area contributed by atoms with E-state index >= 15 is 0 Å². The van der Waals surface area contributed by atoms with Gasteiger partial charge in [-0.3, -0.25) is 0 Å². The van der Waals surface area contributed by atoms with Crippen LogP contribution in [0.25, 0.3) is 11.1 Å². The molecule has 0 saturated heterocycles. The zero-order valence-corrected chi connectivity index (χ0v) is 11.6. The molecule has 0 bridgehead atoms. The molecule has 1 aliphatic heterocycles. The number of rotatable bonds is 1. The lowest BCUT2D eigenvalue weighted by Crippen LogP contribution is -2.16. The Balaban J connectivity index is 2.18. The van der Waals surface area contributed by atoms with Gasteiger partial charge in [0.2, 0.25) is 0 Å². The van der Waals surface area contributed by atoms with Crippen molar-refractivity contribution < 1.29 is 4.74 Å². The van der Waals surface area contributed by atoms with Crippen LogP contribution in [-0.2, 0) is 6.54 Å². The summed E-state index contributed by atoms with van der Waals surface area (Å²) in [4.78, 5) is 0. The van der Waals surface area contributed by atoms with Gasteiger partial charge < -0.3 is 10.1 Å². The number of hydrogen-bond donors (Lipinski definition) is 1. The van der Waals surface area contributed by atoms with E-state index in [4.69, 9.17) is 16.3 Å². The van der Waals surface area contributed by atoms with Crippen molar-refractivity contribution in [3.8, 4) is 16.9 Å². The smallest absolute Gasteiger partial charge is 0.131 e. The molecular formula is C16H16ClNO. The van der Waals surface area contributed by atoms with Crippen molar-refractivity contribution in [1.29, 1.82) is 0 Å². The predicted molar refractivity (Wildman–Crippen MR) is 78.8 cm³/mol. The van der Waals surface area contributed by atoms with Crippen LogP contribution in [0.5, 0.6) is 5.75 Å². The standard InChI is InChI=1S/C16H16ClNO/c1-11-13(5-3-7-15(11)17)14-6-2-4-12-10-18-8-9-19-16(12)14/h2-7,18H,8-10H2,1H3. The fourth-order valence-electron chi connectivity index (χ4n) is 2.45. The summed E-state index contributed by atoms with van der Waals surface area (Å²) < 4.78 is 5.92. The Bertz CT molecular complexity index is 610. The van der Waals surface area contributed by atoms with Gasteiger partial charge in [0, 0.05) is 29.2 Å². The summed E-state index contributed by atoms with van der Waals surface area (Å²) in [6.45, 7) is 4.47. The second-order valence-electron chi connectivity index (χ2n) is 4.73. The van der Waals surface area contributed by atoms with Crippen LogP contribution < -0.4 is 10.1 Å². The molecule has 0 fully saturated rings. The van der Waals surface area contributed by atoms with Crippen molar-refractivity contribution in [2.45, 2.75) is 13.5 Å². The summed E-state index contributed by atoms with van der Waals surface area (Å²) >= 11 is 6.23. The van der Waals surface area contributed by atoms with Gasteiger partial charge in [0.15, 0.2) is 0 Å². The number of ether oxygens (including phenoxy) is 1. The first-order valence-electron chi connectivity index (χ1n) is 6.48. The second kappa shape index (κ2) is 5.24. The summed E-state index contributed by atoms with van der Waals surface area (Å²) in [5.74, 6) is 0.984. The molecule has 0 aromatic heterocycles. The largest absolute Gasteiger partial charge is 0.491 e. The predicted octanol–water partition coefficient (Wildman–Crippen LogP) is 3.80. The van der Waals surface area contributed by atoms with Crippen molar-refractivity contribution in [1.82, 2.24) is 5.32 Å². The lowest BCUT2D eigenvalue weighted by molar-refractivity contribution is 0.327. The van der Waals surface area contributed by atoms with E-state index in [1.807, 2.05) is 19.1 Å². The van der Waals surface area contributed by atoms with Crippen molar-refractivity contribution in [3.63, 3.8) is 0 Å². The molecule has 19 heavy (non-hydrogen) atoms. The SMILES string of the molecule is Cc1c(Cl)cccc1-c1cccc2c1OCCNC2. The Hall–Kier alpha value is -1.51. The number of hydrogen-bond acceptors (Lipinski definition) is 2. The first-order chi connectivity index (χ1) is 9.27. The first-order valence-corrected chi connectivity index (χ1v) is 6.86. The minimum Gasteiger partial charge on any atom is -0.491 e. The maximum absolute atomic E-state index is 6.23. The van der Waals surface area contributed by atoms with Crippen LogP contribution in [0.3, 0.4) is 0 Å². The van der Waals surface area contributed by atoms with E-state index < -0.39 is 0 Å².